The van der Waals surface area contributed by atoms with Gasteiger partial charge in [-0.2, -0.15) is 4.31 Å². The Morgan fingerprint density at radius 1 is 1.04 bits per heavy atom. The van der Waals surface area contributed by atoms with Crippen molar-refractivity contribution in [3.63, 3.8) is 0 Å². The summed E-state index contributed by atoms with van der Waals surface area (Å²) in [6, 6.07) is 10.3. The first kappa shape index (κ1) is 19.3. The first-order chi connectivity index (χ1) is 12.8. The van der Waals surface area contributed by atoms with E-state index in [1.165, 1.54) is 35.7 Å². The second kappa shape index (κ2) is 7.66. The van der Waals surface area contributed by atoms with Crippen molar-refractivity contribution in [2.75, 3.05) is 33.3 Å². The van der Waals surface area contributed by atoms with E-state index < -0.39 is 15.8 Å². The maximum atomic E-state index is 13.0. The molecule has 0 aromatic heterocycles. The third kappa shape index (κ3) is 3.96. The molecule has 0 N–H and O–H groups in total. The molecule has 0 unspecified atom stereocenters. The van der Waals surface area contributed by atoms with Crippen molar-refractivity contribution in [3.05, 3.63) is 59.4 Å². The summed E-state index contributed by atoms with van der Waals surface area (Å²) in [5.41, 5.74) is 1.20. The van der Waals surface area contributed by atoms with Crippen molar-refractivity contribution in [1.29, 1.82) is 0 Å². The van der Waals surface area contributed by atoms with Gasteiger partial charge in [0.2, 0.25) is 10.0 Å². The highest BCUT2D eigenvalue weighted by atomic mass is 32.2. The van der Waals surface area contributed by atoms with Gasteiger partial charge >= 0.3 is 0 Å². The number of halogens is 1. The van der Waals surface area contributed by atoms with E-state index in [1.807, 2.05) is 6.92 Å². The monoisotopic (exact) mass is 392 g/mol. The Balaban J connectivity index is 1.74. The lowest BCUT2D eigenvalue weighted by atomic mass is 10.2. The second-order valence-electron chi connectivity index (χ2n) is 6.36. The standard InChI is InChI=1S/C19H21FN2O4S/c1-14-3-8-17(26-2)18(13-14)27(24,25)22-11-9-21(10-12-22)19(23)15-4-6-16(20)7-5-15/h3-8,13H,9-12H2,1-2H3. The number of benzene rings is 2. The van der Waals surface area contributed by atoms with E-state index in [0.717, 1.165) is 5.56 Å². The van der Waals surface area contributed by atoms with Crippen molar-refractivity contribution in [1.82, 2.24) is 9.21 Å². The third-order valence-corrected chi connectivity index (χ3v) is 6.47. The van der Waals surface area contributed by atoms with Crippen LogP contribution in [0.4, 0.5) is 4.39 Å². The highest BCUT2D eigenvalue weighted by molar-refractivity contribution is 7.89. The maximum Gasteiger partial charge on any atom is 0.253 e. The van der Waals surface area contributed by atoms with E-state index in [-0.39, 0.29) is 37.0 Å². The molecule has 1 heterocycles. The molecule has 0 spiro atoms. The van der Waals surface area contributed by atoms with Crippen LogP contribution in [0.1, 0.15) is 15.9 Å². The zero-order valence-corrected chi connectivity index (χ0v) is 16.0. The highest BCUT2D eigenvalue weighted by Gasteiger charge is 2.32. The molecule has 8 heteroatoms. The summed E-state index contributed by atoms with van der Waals surface area (Å²) in [5.74, 6) is -0.347. The first-order valence-electron chi connectivity index (χ1n) is 8.52. The van der Waals surface area contributed by atoms with Crippen LogP contribution in [0, 0.1) is 12.7 Å². The van der Waals surface area contributed by atoms with Gasteiger partial charge in [-0.3, -0.25) is 4.79 Å². The lowest BCUT2D eigenvalue weighted by Gasteiger charge is -2.34. The van der Waals surface area contributed by atoms with E-state index in [0.29, 0.717) is 11.3 Å². The first-order valence-corrected chi connectivity index (χ1v) is 9.96. The fourth-order valence-corrected chi connectivity index (χ4v) is 4.69. The van der Waals surface area contributed by atoms with Gasteiger partial charge in [0.1, 0.15) is 16.5 Å². The Morgan fingerprint density at radius 3 is 2.26 bits per heavy atom. The van der Waals surface area contributed by atoms with Gasteiger partial charge in [0.25, 0.3) is 5.91 Å². The molecular formula is C19H21FN2O4S. The van der Waals surface area contributed by atoms with Crippen LogP contribution in [-0.2, 0) is 10.0 Å². The topological polar surface area (TPSA) is 66.9 Å². The number of carbonyl (C=O) groups is 1. The van der Waals surface area contributed by atoms with Crippen LogP contribution in [0.25, 0.3) is 0 Å². The van der Waals surface area contributed by atoms with E-state index in [2.05, 4.69) is 0 Å². The molecule has 1 aliphatic heterocycles. The number of amides is 1. The maximum absolute atomic E-state index is 13.0. The number of ether oxygens (including phenoxy) is 1. The summed E-state index contributed by atoms with van der Waals surface area (Å²) in [5, 5.41) is 0. The normalized spacial score (nSPS) is 15.6. The third-order valence-electron chi connectivity index (χ3n) is 4.55. The van der Waals surface area contributed by atoms with Crippen LogP contribution < -0.4 is 4.74 Å². The Hall–Kier alpha value is -2.45. The van der Waals surface area contributed by atoms with Gasteiger partial charge in [0, 0.05) is 31.7 Å². The minimum absolute atomic E-state index is 0.128. The molecule has 0 bridgehead atoms. The van der Waals surface area contributed by atoms with E-state index in [4.69, 9.17) is 4.74 Å². The SMILES string of the molecule is COc1ccc(C)cc1S(=O)(=O)N1CCN(C(=O)c2ccc(F)cc2)CC1. The Morgan fingerprint density at radius 2 is 1.67 bits per heavy atom. The van der Waals surface area contributed by atoms with Gasteiger partial charge in [-0.1, -0.05) is 6.07 Å². The number of nitrogens with zero attached hydrogens (tertiary/aromatic N) is 2. The Kier molecular flexibility index (Phi) is 5.48. The highest BCUT2D eigenvalue weighted by Crippen LogP contribution is 2.28. The van der Waals surface area contributed by atoms with Crippen molar-refractivity contribution >= 4 is 15.9 Å². The minimum atomic E-state index is -3.73. The molecule has 0 radical (unpaired) electrons. The molecule has 1 saturated heterocycles. The van der Waals surface area contributed by atoms with Crippen LogP contribution in [-0.4, -0.2) is 56.8 Å². The number of sulfonamides is 1. The van der Waals surface area contributed by atoms with Gasteiger partial charge in [-0.25, -0.2) is 12.8 Å². The number of carbonyl (C=O) groups excluding carboxylic acids is 1. The largest absolute Gasteiger partial charge is 0.495 e. The number of hydrogen-bond acceptors (Lipinski definition) is 4. The predicted octanol–water partition coefficient (Wildman–Crippen LogP) is 2.29. The summed E-state index contributed by atoms with van der Waals surface area (Å²) in [6.07, 6.45) is 0. The second-order valence-corrected chi connectivity index (χ2v) is 8.26. The average Bonchev–Trinajstić information content (AvgIpc) is 2.68. The molecule has 2 aromatic rings. The summed E-state index contributed by atoms with van der Waals surface area (Å²) in [4.78, 5) is 14.2. The predicted molar refractivity (Wildman–Crippen MR) is 98.8 cm³/mol. The number of rotatable bonds is 4. The molecule has 0 saturated carbocycles. The van der Waals surface area contributed by atoms with Crippen molar-refractivity contribution in [2.24, 2.45) is 0 Å². The fraction of sp³-hybridized carbons (Fsp3) is 0.316. The van der Waals surface area contributed by atoms with Crippen molar-refractivity contribution in [3.8, 4) is 5.75 Å². The molecule has 0 aliphatic carbocycles. The lowest BCUT2D eigenvalue weighted by Crippen LogP contribution is -2.50. The number of piperazine rings is 1. The molecule has 1 amide bonds. The van der Waals surface area contributed by atoms with Crippen LogP contribution in [0.5, 0.6) is 5.75 Å². The molecule has 0 atom stereocenters. The van der Waals surface area contributed by atoms with Crippen LogP contribution in [0.15, 0.2) is 47.4 Å². The number of hydrogen-bond donors (Lipinski definition) is 0. The summed E-state index contributed by atoms with van der Waals surface area (Å²) >= 11 is 0. The summed E-state index contributed by atoms with van der Waals surface area (Å²) in [6.45, 7) is 2.73. The molecular weight excluding hydrogens is 371 g/mol. The molecule has 1 fully saturated rings. The van der Waals surface area contributed by atoms with Crippen molar-refractivity contribution < 1.29 is 22.3 Å². The minimum Gasteiger partial charge on any atom is -0.495 e. The molecule has 1 aliphatic rings. The smallest absolute Gasteiger partial charge is 0.253 e. The van der Waals surface area contributed by atoms with Gasteiger partial charge in [0.05, 0.1) is 7.11 Å². The Bertz CT molecular complexity index is 937. The van der Waals surface area contributed by atoms with E-state index in [9.17, 15) is 17.6 Å². The van der Waals surface area contributed by atoms with Gasteiger partial charge in [-0.15, -0.1) is 0 Å². The summed E-state index contributed by atoms with van der Waals surface area (Å²) < 4.78 is 45.6. The lowest BCUT2D eigenvalue weighted by molar-refractivity contribution is 0.0697. The summed E-state index contributed by atoms with van der Waals surface area (Å²) in [7, 11) is -2.29. The fourth-order valence-electron chi connectivity index (χ4n) is 3.03. The van der Waals surface area contributed by atoms with E-state index in [1.54, 1.807) is 23.1 Å². The Labute approximate surface area is 158 Å². The average molecular weight is 392 g/mol. The van der Waals surface area contributed by atoms with Crippen LogP contribution in [0.2, 0.25) is 0 Å². The molecule has 27 heavy (non-hydrogen) atoms. The van der Waals surface area contributed by atoms with Gasteiger partial charge < -0.3 is 9.64 Å². The van der Waals surface area contributed by atoms with Crippen LogP contribution >= 0.6 is 0 Å². The quantitative estimate of drug-likeness (QED) is 0.801. The number of methoxy groups -OCH3 is 1. The number of aryl methyl sites for hydroxylation is 1. The van der Waals surface area contributed by atoms with E-state index >= 15 is 0 Å². The molecule has 144 valence electrons. The van der Waals surface area contributed by atoms with Crippen LogP contribution in [0.3, 0.4) is 0 Å². The van der Waals surface area contributed by atoms with Gasteiger partial charge in [0.15, 0.2) is 0 Å². The molecule has 3 rings (SSSR count). The molecule has 2 aromatic carbocycles. The van der Waals surface area contributed by atoms with Crippen molar-refractivity contribution in [2.45, 2.75) is 11.8 Å². The van der Waals surface area contributed by atoms with Gasteiger partial charge in [-0.05, 0) is 48.9 Å². The molecule has 6 nitrogen and oxygen atoms in total. The zero-order valence-electron chi connectivity index (χ0n) is 15.2. The zero-order chi connectivity index (χ0) is 19.6.